The van der Waals surface area contributed by atoms with E-state index >= 15 is 0 Å². The van der Waals surface area contributed by atoms with Crippen molar-refractivity contribution in [1.29, 1.82) is 0 Å². The van der Waals surface area contributed by atoms with Crippen LogP contribution in [0, 0.1) is 0 Å². The lowest BCUT2D eigenvalue weighted by Crippen LogP contribution is -2.36. The molecule has 1 aliphatic rings. The number of ether oxygens (including phenoxy) is 2. The highest BCUT2D eigenvalue weighted by Crippen LogP contribution is 2.34. The number of guanidine groups is 1. The Morgan fingerprint density at radius 3 is 3.00 bits per heavy atom. The van der Waals surface area contributed by atoms with Crippen LogP contribution >= 0.6 is 0 Å². The zero-order valence-electron chi connectivity index (χ0n) is 12.9. The maximum absolute atomic E-state index is 5.80. The molecule has 0 saturated carbocycles. The molecule has 5 heteroatoms. The van der Waals surface area contributed by atoms with Crippen LogP contribution in [0.1, 0.15) is 18.1 Å². The Morgan fingerprint density at radius 1 is 1.52 bits per heavy atom. The van der Waals surface area contributed by atoms with Gasteiger partial charge < -0.3 is 20.1 Å². The first-order chi connectivity index (χ1) is 10.2. The number of methoxy groups -OCH3 is 1. The van der Waals surface area contributed by atoms with E-state index in [9.17, 15) is 0 Å². The van der Waals surface area contributed by atoms with E-state index in [1.165, 1.54) is 5.56 Å². The van der Waals surface area contributed by atoms with Crippen LogP contribution in [-0.2, 0) is 13.0 Å². The van der Waals surface area contributed by atoms with Crippen molar-refractivity contribution in [2.75, 3.05) is 20.7 Å². The highest BCUT2D eigenvalue weighted by molar-refractivity contribution is 5.79. The van der Waals surface area contributed by atoms with E-state index in [0.29, 0.717) is 13.1 Å². The molecule has 114 valence electrons. The summed E-state index contributed by atoms with van der Waals surface area (Å²) in [6.07, 6.45) is 2.95. The molecule has 0 spiro atoms. The van der Waals surface area contributed by atoms with Crippen molar-refractivity contribution in [2.24, 2.45) is 4.99 Å². The maximum atomic E-state index is 5.80. The molecule has 0 aliphatic carbocycles. The molecule has 1 aromatic rings. The average molecular weight is 289 g/mol. The molecule has 21 heavy (non-hydrogen) atoms. The molecular formula is C16H23N3O2. The van der Waals surface area contributed by atoms with Gasteiger partial charge in [-0.1, -0.05) is 6.08 Å². The van der Waals surface area contributed by atoms with Crippen LogP contribution in [0.5, 0.6) is 11.5 Å². The van der Waals surface area contributed by atoms with Crippen molar-refractivity contribution in [3.63, 3.8) is 0 Å². The zero-order valence-corrected chi connectivity index (χ0v) is 12.9. The van der Waals surface area contributed by atoms with Crippen LogP contribution in [0.15, 0.2) is 29.8 Å². The Kier molecular flexibility index (Phi) is 5.09. The molecule has 0 fully saturated rings. The molecule has 1 heterocycles. The third kappa shape index (κ3) is 3.68. The van der Waals surface area contributed by atoms with Crippen molar-refractivity contribution in [2.45, 2.75) is 26.0 Å². The highest BCUT2D eigenvalue weighted by atomic mass is 16.5. The van der Waals surface area contributed by atoms with Crippen LogP contribution in [0.3, 0.4) is 0 Å². The largest absolute Gasteiger partial charge is 0.496 e. The topological polar surface area (TPSA) is 54.9 Å². The molecule has 1 aliphatic heterocycles. The van der Waals surface area contributed by atoms with E-state index in [4.69, 9.17) is 9.47 Å². The Labute approximate surface area is 126 Å². The monoisotopic (exact) mass is 289 g/mol. The van der Waals surface area contributed by atoms with Gasteiger partial charge in [-0.25, -0.2) is 0 Å². The van der Waals surface area contributed by atoms with Crippen molar-refractivity contribution in [3.05, 3.63) is 35.9 Å². The number of benzene rings is 1. The summed E-state index contributed by atoms with van der Waals surface area (Å²) in [5, 5.41) is 6.39. The summed E-state index contributed by atoms with van der Waals surface area (Å²) in [7, 11) is 3.43. The van der Waals surface area contributed by atoms with Crippen molar-refractivity contribution < 1.29 is 9.47 Å². The molecular weight excluding hydrogens is 266 g/mol. The van der Waals surface area contributed by atoms with Gasteiger partial charge in [-0.3, -0.25) is 4.99 Å². The number of nitrogens with zero attached hydrogens (tertiary/aromatic N) is 1. The summed E-state index contributed by atoms with van der Waals surface area (Å²) >= 11 is 0. The Morgan fingerprint density at radius 2 is 2.33 bits per heavy atom. The lowest BCUT2D eigenvalue weighted by atomic mass is 10.1. The van der Waals surface area contributed by atoms with Gasteiger partial charge in [-0.05, 0) is 19.1 Å². The predicted molar refractivity (Wildman–Crippen MR) is 85.2 cm³/mol. The quantitative estimate of drug-likeness (QED) is 0.493. The maximum Gasteiger partial charge on any atom is 0.191 e. The zero-order chi connectivity index (χ0) is 15.2. The second-order valence-electron chi connectivity index (χ2n) is 5.00. The first-order valence-corrected chi connectivity index (χ1v) is 7.09. The van der Waals surface area contributed by atoms with E-state index in [0.717, 1.165) is 29.4 Å². The van der Waals surface area contributed by atoms with Crippen LogP contribution in [-0.4, -0.2) is 32.8 Å². The number of hydrogen-bond acceptors (Lipinski definition) is 3. The van der Waals surface area contributed by atoms with Gasteiger partial charge in [0.05, 0.1) is 7.11 Å². The van der Waals surface area contributed by atoms with Gasteiger partial charge in [0.25, 0.3) is 0 Å². The number of nitrogens with one attached hydrogen (secondary N) is 2. The van der Waals surface area contributed by atoms with Crippen LogP contribution in [0.4, 0.5) is 0 Å². The van der Waals surface area contributed by atoms with Crippen molar-refractivity contribution in [1.82, 2.24) is 10.6 Å². The summed E-state index contributed by atoms with van der Waals surface area (Å²) in [5.74, 6) is 2.55. The summed E-state index contributed by atoms with van der Waals surface area (Å²) in [4.78, 5) is 4.16. The average Bonchev–Trinajstić information content (AvgIpc) is 2.85. The molecule has 0 saturated heterocycles. The van der Waals surface area contributed by atoms with Crippen LogP contribution < -0.4 is 20.1 Å². The predicted octanol–water partition coefficient (Wildman–Crippen LogP) is 1.87. The van der Waals surface area contributed by atoms with E-state index < -0.39 is 0 Å². The molecule has 1 atom stereocenters. The second-order valence-corrected chi connectivity index (χ2v) is 5.00. The summed E-state index contributed by atoms with van der Waals surface area (Å²) in [5.41, 5.74) is 2.25. The number of hydrogen-bond donors (Lipinski definition) is 2. The van der Waals surface area contributed by atoms with Gasteiger partial charge in [0.1, 0.15) is 17.6 Å². The second kappa shape index (κ2) is 7.02. The molecule has 2 rings (SSSR count). The molecule has 5 nitrogen and oxygen atoms in total. The Hall–Kier alpha value is -2.17. The SMILES string of the molecule is C=CCNC(=NC)NCc1cc2c(cc1OC)CC(C)O2. The smallest absolute Gasteiger partial charge is 0.191 e. The molecule has 1 unspecified atom stereocenters. The molecule has 0 amide bonds. The van der Waals surface area contributed by atoms with Crippen LogP contribution in [0.2, 0.25) is 0 Å². The van der Waals surface area contributed by atoms with E-state index in [1.807, 2.05) is 6.07 Å². The first-order valence-electron chi connectivity index (χ1n) is 7.09. The number of aliphatic imine (C=N–C) groups is 1. The Balaban J connectivity index is 2.09. The van der Waals surface area contributed by atoms with Gasteiger partial charge >= 0.3 is 0 Å². The van der Waals surface area contributed by atoms with E-state index in [2.05, 4.69) is 35.2 Å². The summed E-state index contributed by atoms with van der Waals surface area (Å²) < 4.78 is 11.3. The third-order valence-electron chi connectivity index (χ3n) is 3.38. The van der Waals surface area contributed by atoms with Gasteiger partial charge in [0.15, 0.2) is 5.96 Å². The third-order valence-corrected chi connectivity index (χ3v) is 3.38. The molecule has 0 bridgehead atoms. The fourth-order valence-corrected chi connectivity index (χ4v) is 2.38. The normalized spacial score (nSPS) is 16.9. The van der Waals surface area contributed by atoms with Gasteiger partial charge in [0, 0.05) is 37.7 Å². The van der Waals surface area contributed by atoms with Crippen molar-refractivity contribution >= 4 is 5.96 Å². The highest BCUT2D eigenvalue weighted by Gasteiger charge is 2.21. The lowest BCUT2D eigenvalue weighted by Gasteiger charge is -2.14. The molecule has 1 aromatic carbocycles. The van der Waals surface area contributed by atoms with Crippen molar-refractivity contribution in [3.8, 4) is 11.5 Å². The standard InChI is InChI=1S/C16H23N3O2/c1-5-6-18-16(17-3)19-10-13-9-15-12(7-11(2)21-15)8-14(13)20-4/h5,8-9,11H,1,6-7,10H2,2-4H3,(H2,17,18,19). The fourth-order valence-electron chi connectivity index (χ4n) is 2.38. The molecule has 0 aromatic heterocycles. The minimum Gasteiger partial charge on any atom is -0.496 e. The van der Waals surface area contributed by atoms with E-state index in [1.54, 1.807) is 20.2 Å². The number of rotatable bonds is 5. The van der Waals surface area contributed by atoms with Gasteiger partial charge in [-0.2, -0.15) is 0 Å². The summed E-state index contributed by atoms with van der Waals surface area (Å²) in [6.45, 7) is 7.04. The lowest BCUT2D eigenvalue weighted by molar-refractivity contribution is 0.254. The Bertz CT molecular complexity index is 541. The molecule has 2 N–H and O–H groups in total. The van der Waals surface area contributed by atoms with Gasteiger partial charge in [-0.15, -0.1) is 6.58 Å². The number of fused-ring (bicyclic) bond motifs is 1. The summed E-state index contributed by atoms with van der Waals surface area (Å²) in [6, 6.07) is 4.11. The molecule has 0 radical (unpaired) electrons. The minimum absolute atomic E-state index is 0.231. The van der Waals surface area contributed by atoms with E-state index in [-0.39, 0.29) is 6.10 Å². The first kappa shape index (κ1) is 15.2. The van der Waals surface area contributed by atoms with Crippen LogP contribution in [0.25, 0.3) is 0 Å². The van der Waals surface area contributed by atoms with Gasteiger partial charge in [0.2, 0.25) is 0 Å². The minimum atomic E-state index is 0.231. The fraction of sp³-hybridized carbons (Fsp3) is 0.438.